The molecule has 70 heavy (non-hydrogen) atoms. The van der Waals surface area contributed by atoms with Gasteiger partial charge in [-0.2, -0.15) is 0 Å². The molecule has 11 rings (SSSR count). The molecule has 0 bridgehead atoms. The zero-order chi connectivity index (χ0) is 51.2. The fourth-order valence-electron chi connectivity index (χ4n) is 9.85. The maximum atomic E-state index is 8.76. The van der Waals surface area contributed by atoms with E-state index in [-0.39, 0.29) is 21.8 Å². The van der Waals surface area contributed by atoms with Gasteiger partial charge in [-0.15, -0.1) is 0 Å². The van der Waals surface area contributed by atoms with Crippen LogP contribution in [-0.2, 0) is 16.2 Å². The van der Waals surface area contributed by atoms with E-state index in [2.05, 4.69) is 168 Å². The Labute approximate surface area is 416 Å². The summed E-state index contributed by atoms with van der Waals surface area (Å²) in [5, 5.41) is 4.03. The summed E-state index contributed by atoms with van der Waals surface area (Å²) in [4.78, 5) is 5.02. The number of pyridine rings is 1. The van der Waals surface area contributed by atoms with E-state index in [1.54, 1.807) is 12.3 Å². The number of aromatic nitrogens is 2. The Morgan fingerprint density at radius 1 is 0.500 bits per heavy atom. The van der Waals surface area contributed by atoms with E-state index in [0.29, 0.717) is 22.9 Å². The highest BCUT2D eigenvalue weighted by atomic mass is 16.5. The Hall–Kier alpha value is -7.85. The average molecular weight is 916 g/mol. The second-order valence-electron chi connectivity index (χ2n) is 21.8. The highest BCUT2D eigenvalue weighted by Gasteiger charge is 2.40. The van der Waals surface area contributed by atoms with Gasteiger partial charge in [-0.05, 0) is 113 Å². The van der Waals surface area contributed by atoms with Crippen molar-refractivity contribution in [3.63, 3.8) is 0 Å². The smallest absolute Gasteiger partial charge is 0.457 e. The molecular formula is C65H60N4O+2. The van der Waals surface area contributed by atoms with E-state index in [4.69, 9.17) is 13.8 Å². The largest absolute Gasteiger partial charge is 0.503 e. The molecule has 0 saturated heterocycles. The molecule has 0 aliphatic carbocycles. The van der Waals surface area contributed by atoms with Crippen LogP contribution in [0.3, 0.4) is 0 Å². The Kier molecular flexibility index (Phi) is 9.81. The molecule has 5 heteroatoms. The van der Waals surface area contributed by atoms with E-state index >= 15 is 0 Å². The van der Waals surface area contributed by atoms with Crippen LogP contribution in [0.5, 0.6) is 11.5 Å². The third kappa shape index (κ3) is 8.00. The first-order chi connectivity index (χ1) is 34.7. The molecule has 2 aromatic heterocycles. The number of para-hydroxylation sites is 2. The van der Waals surface area contributed by atoms with Gasteiger partial charge in [-0.1, -0.05) is 165 Å². The van der Waals surface area contributed by atoms with Crippen molar-refractivity contribution in [2.45, 2.75) is 85.4 Å². The molecule has 344 valence electrons. The normalized spacial score (nSPS) is 13.8. The highest BCUT2D eigenvalue weighted by Crippen LogP contribution is 2.46. The van der Waals surface area contributed by atoms with Crippen molar-refractivity contribution < 1.29 is 8.85 Å². The molecule has 0 N–H and O–H groups in total. The minimum Gasteiger partial charge on any atom is -0.457 e. The maximum Gasteiger partial charge on any atom is 0.503 e. The lowest BCUT2D eigenvalue weighted by Gasteiger charge is -2.24. The minimum atomic E-state index is -2.41. The molecule has 0 fully saturated rings. The van der Waals surface area contributed by atoms with Gasteiger partial charge in [-0.25, -0.2) is 4.98 Å². The summed E-state index contributed by atoms with van der Waals surface area (Å²) in [6, 6.07) is 64.5. The van der Waals surface area contributed by atoms with Crippen molar-refractivity contribution in [2.75, 3.05) is 0 Å². The van der Waals surface area contributed by atoms with E-state index < -0.39 is 6.85 Å². The molecule has 0 radical (unpaired) electrons. The van der Waals surface area contributed by atoms with Crippen LogP contribution in [0.25, 0.3) is 60.6 Å². The van der Waals surface area contributed by atoms with Gasteiger partial charge in [0.2, 0.25) is 11.4 Å². The van der Waals surface area contributed by atoms with Crippen LogP contribution in [0.4, 0.5) is 22.7 Å². The lowest BCUT2D eigenvalue weighted by atomic mass is 9.80. The first-order valence-corrected chi connectivity index (χ1v) is 24.3. The number of hydrogen-bond acceptors (Lipinski definition) is 2. The number of fused-ring (bicyclic) bond motifs is 5. The summed E-state index contributed by atoms with van der Waals surface area (Å²) in [6.45, 7) is 18.0. The van der Waals surface area contributed by atoms with Gasteiger partial charge >= 0.3 is 11.7 Å². The van der Waals surface area contributed by atoms with Crippen molar-refractivity contribution in [3.05, 3.63) is 204 Å². The molecule has 5 nitrogen and oxygen atoms in total. The molecule has 8 aromatic carbocycles. The lowest BCUT2D eigenvalue weighted by molar-refractivity contribution is 0.483. The van der Waals surface area contributed by atoms with Gasteiger partial charge in [0.15, 0.2) is 0 Å². The Balaban J connectivity index is 1.04. The fourth-order valence-corrected chi connectivity index (χ4v) is 9.85. The average Bonchev–Trinajstić information content (AvgIpc) is 3.91. The highest BCUT2D eigenvalue weighted by molar-refractivity contribution is 6.09. The topological polar surface area (TPSA) is 33.1 Å². The second kappa shape index (κ2) is 16.7. The SMILES string of the molecule is [2H]C([2H])([2H])c1cc(-n2c3ccccc3c3ccc(Oc4cccc([N+]5=C=[N+](c6cc(C(C)(C)C)cc(C(C)(C)C)c6)c6c(-c7cccc(C(C)(C)C)c7)cccc65)c4)cc32)ncc1-c1cccc2ccccc12. The van der Waals surface area contributed by atoms with E-state index in [0.717, 1.165) is 72.0 Å². The van der Waals surface area contributed by atoms with E-state index in [1.807, 2.05) is 83.4 Å². The maximum absolute atomic E-state index is 8.76. The second-order valence-corrected chi connectivity index (χ2v) is 21.8. The van der Waals surface area contributed by atoms with Crippen molar-refractivity contribution in [3.8, 4) is 39.6 Å². The standard InChI is InChI=1S/C65H60N4O/c1-42-33-61(66-40-57(42)54-28-16-20-43-19-11-12-25-52(43)54)69-58-29-14-13-26-55(58)56-32-31-51(39-60(56)69)70-50-24-17-23-48(38-50)67-41-68(49-36-46(64(5,6)7)35-47(37-49)65(8,9)10)62-53(27-18-30-59(62)67)44-21-15-22-45(34-44)63(2,3)4/h11-40H,1-10H3/q+2/i1D3. The molecule has 1 aliphatic rings. The summed E-state index contributed by atoms with van der Waals surface area (Å²) < 4.78 is 39.5. The van der Waals surface area contributed by atoms with Gasteiger partial charge < -0.3 is 4.74 Å². The van der Waals surface area contributed by atoms with Crippen LogP contribution in [-0.4, -0.2) is 15.6 Å². The van der Waals surface area contributed by atoms with Crippen molar-refractivity contribution >= 4 is 61.3 Å². The zero-order valence-corrected chi connectivity index (χ0v) is 41.5. The third-order valence-electron chi connectivity index (χ3n) is 13.8. The molecule has 3 heterocycles. The fraction of sp³-hybridized carbons (Fsp3) is 0.200. The first-order valence-electron chi connectivity index (χ1n) is 25.8. The Morgan fingerprint density at radius 2 is 1.16 bits per heavy atom. The molecule has 0 spiro atoms. The predicted molar refractivity (Wildman–Crippen MR) is 295 cm³/mol. The van der Waals surface area contributed by atoms with Crippen LogP contribution in [0.15, 0.2) is 182 Å². The summed E-state index contributed by atoms with van der Waals surface area (Å²) in [7, 11) is 0. The zero-order valence-electron chi connectivity index (χ0n) is 44.5. The molecule has 0 amide bonds. The predicted octanol–water partition coefficient (Wildman–Crippen LogP) is 17.5. The third-order valence-corrected chi connectivity index (χ3v) is 13.8. The number of ether oxygens (including phenoxy) is 1. The molecule has 0 unspecified atom stereocenters. The Bertz CT molecular complexity index is 3890. The number of hydrogen-bond donors (Lipinski definition) is 0. The molecule has 0 saturated carbocycles. The van der Waals surface area contributed by atoms with Gasteiger partial charge in [0.1, 0.15) is 17.3 Å². The molecule has 0 atom stereocenters. The number of rotatable bonds is 7. The summed E-state index contributed by atoms with van der Waals surface area (Å²) >= 11 is 0. The molecule has 1 aliphatic heterocycles. The van der Waals surface area contributed by atoms with Crippen LogP contribution in [0.2, 0.25) is 0 Å². The van der Waals surface area contributed by atoms with Crippen molar-refractivity contribution in [1.29, 1.82) is 0 Å². The number of aryl methyl sites for hydroxylation is 1. The molecule has 10 aromatic rings. The van der Waals surface area contributed by atoms with Gasteiger partial charge in [0.05, 0.1) is 22.7 Å². The van der Waals surface area contributed by atoms with Gasteiger partial charge in [0, 0.05) is 57.0 Å². The Morgan fingerprint density at radius 3 is 1.93 bits per heavy atom. The van der Waals surface area contributed by atoms with Gasteiger partial charge in [-0.3, -0.25) is 4.57 Å². The van der Waals surface area contributed by atoms with E-state index in [9.17, 15) is 0 Å². The van der Waals surface area contributed by atoms with Crippen molar-refractivity contribution in [1.82, 2.24) is 18.7 Å². The number of nitrogens with zero attached hydrogens (tertiary/aromatic N) is 4. The summed E-state index contributed by atoms with van der Waals surface area (Å²) in [6.07, 6.45) is 1.72. The number of benzene rings is 8. The first kappa shape index (κ1) is 41.2. The summed E-state index contributed by atoms with van der Waals surface area (Å²) in [5.41, 5.74) is 13.3. The minimum absolute atomic E-state index is 0.0214. The van der Waals surface area contributed by atoms with Crippen LogP contribution < -0.4 is 13.9 Å². The molecular weight excluding hydrogens is 853 g/mol. The van der Waals surface area contributed by atoms with Gasteiger partial charge in [0.25, 0.3) is 5.69 Å². The van der Waals surface area contributed by atoms with Crippen LogP contribution in [0.1, 0.15) is 88.7 Å². The van der Waals surface area contributed by atoms with Crippen LogP contribution in [0, 0.1) is 6.85 Å². The van der Waals surface area contributed by atoms with Crippen LogP contribution >= 0.6 is 0 Å². The quantitative estimate of drug-likeness (QED) is 0.149. The summed E-state index contributed by atoms with van der Waals surface area (Å²) in [5.74, 6) is 1.79. The monoisotopic (exact) mass is 915 g/mol. The van der Waals surface area contributed by atoms with Crippen molar-refractivity contribution in [2.24, 2.45) is 0 Å². The lowest BCUT2D eigenvalue weighted by Crippen LogP contribution is -2.17. The van der Waals surface area contributed by atoms with E-state index in [1.165, 1.54) is 16.7 Å².